The fourth-order valence-electron chi connectivity index (χ4n) is 2.59. The van der Waals surface area contributed by atoms with Gasteiger partial charge in [-0.15, -0.1) is 0 Å². The Bertz CT molecular complexity index is 523. The van der Waals surface area contributed by atoms with Crippen LogP contribution in [-0.4, -0.2) is 23.4 Å². The van der Waals surface area contributed by atoms with Crippen molar-refractivity contribution >= 4 is 17.5 Å². The van der Waals surface area contributed by atoms with Crippen LogP contribution >= 0.6 is 0 Å². The number of amides is 2. The van der Waals surface area contributed by atoms with E-state index in [2.05, 4.69) is 5.32 Å². The third-order valence-electron chi connectivity index (χ3n) is 4.07. The van der Waals surface area contributed by atoms with Gasteiger partial charge in [-0.2, -0.15) is 0 Å². The lowest BCUT2D eigenvalue weighted by molar-refractivity contribution is -0.138. The normalized spacial score (nSPS) is 21.8. The monoisotopic (exact) mass is 278 g/mol. The molecule has 2 rings (SSSR count). The Morgan fingerprint density at radius 2 is 1.75 bits per heavy atom. The lowest BCUT2D eigenvalue weighted by Crippen LogP contribution is -2.69. The second kappa shape index (κ2) is 5.23. The van der Waals surface area contributed by atoms with Crippen molar-refractivity contribution in [1.82, 2.24) is 5.32 Å². The number of hydrogen-bond donors (Lipinski definition) is 1. The highest BCUT2D eigenvalue weighted by atomic mass is 19.1. The molecule has 1 heterocycles. The average Bonchev–Trinajstić information content (AvgIpc) is 2.45. The van der Waals surface area contributed by atoms with Gasteiger partial charge in [0, 0.05) is 5.69 Å². The number of benzene rings is 1. The smallest absolute Gasteiger partial charge is 0.253 e. The third kappa shape index (κ3) is 2.17. The van der Waals surface area contributed by atoms with Crippen molar-refractivity contribution < 1.29 is 14.0 Å². The van der Waals surface area contributed by atoms with E-state index < -0.39 is 11.6 Å². The predicted octanol–water partition coefficient (Wildman–Crippen LogP) is 2.24. The fourth-order valence-corrected chi connectivity index (χ4v) is 2.59. The van der Waals surface area contributed by atoms with Crippen LogP contribution in [0.4, 0.5) is 10.1 Å². The Morgan fingerprint density at radius 3 is 2.25 bits per heavy atom. The zero-order chi connectivity index (χ0) is 14.9. The van der Waals surface area contributed by atoms with Crippen molar-refractivity contribution in [2.24, 2.45) is 0 Å². The molecule has 0 radical (unpaired) electrons. The molecule has 2 amide bonds. The van der Waals surface area contributed by atoms with Crippen LogP contribution in [0.1, 0.15) is 33.6 Å². The summed E-state index contributed by atoms with van der Waals surface area (Å²) in [6.07, 6.45) is 1.05. The summed E-state index contributed by atoms with van der Waals surface area (Å²) in [6, 6.07) is 5.04. The van der Waals surface area contributed by atoms with Crippen LogP contribution < -0.4 is 10.2 Å². The van der Waals surface area contributed by atoms with Crippen LogP contribution in [0.15, 0.2) is 24.3 Å². The number of nitrogens with zero attached hydrogens (tertiary/aromatic N) is 1. The van der Waals surface area contributed by atoms with E-state index >= 15 is 0 Å². The van der Waals surface area contributed by atoms with Crippen molar-refractivity contribution in [3.05, 3.63) is 30.1 Å². The highest BCUT2D eigenvalue weighted by molar-refractivity contribution is 6.10. The molecule has 1 N–H and O–H groups in total. The van der Waals surface area contributed by atoms with Gasteiger partial charge in [-0.1, -0.05) is 13.8 Å². The number of carbonyl (C=O) groups is 2. The minimum absolute atomic E-state index is 0.138. The number of rotatable bonds is 3. The summed E-state index contributed by atoms with van der Waals surface area (Å²) in [5.74, 6) is -0.689. The molecule has 1 saturated heterocycles. The second-order valence-electron chi connectivity index (χ2n) is 5.11. The van der Waals surface area contributed by atoms with Gasteiger partial charge < -0.3 is 5.32 Å². The minimum Gasteiger partial charge on any atom is -0.340 e. The summed E-state index contributed by atoms with van der Waals surface area (Å²) in [7, 11) is 0. The highest BCUT2D eigenvalue weighted by Gasteiger charge is 2.47. The molecule has 20 heavy (non-hydrogen) atoms. The largest absolute Gasteiger partial charge is 0.340 e. The summed E-state index contributed by atoms with van der Waals surface area (Å²) in [4.78, 5) is 26.4. The molecule has 108 valence electrons. The molecule has 1 aromatic carbocycles. The first-order chi connectivity index (χ1) is 9.45. The maximum absolute atomic E-state index is 13.0. The molecule has 0 saturated carbocycles. The number of carbonyl (C=O) groups excluding carboxylic acids is 2. The van der Waals surface area contributed by atoms with Crippen LogP contribution in [0, 0.1) is 5.82 Å². The second-order valence-corrected chi connectivity index (χ2v) is 5.11. The molecule has 0 aromatic heterocycles. The first kappa shape index (κ1) is 14.5. The van der Waals surface area contributed by atoms with Crippen LogP contribution in [0.25, 0.3) is 0 Å². The number of halogens is 1. The Hall–Kier alpha value is -1.91. The van der Waals surface area contributed by atoms with E-state index in [1.54, 1.807) is 6.92 Å². The van der Waals surface area contributed by atoms with Crippen molar-refractivity contribution in [2.75, 3.05) is 4.90 Å². The molecule has 0 spiro atoms. The van der Waals surface area contributed by atoms with E-state index in [0.29, 0.717) is 18.5 Å². The fraction of sp³-hybridized carbons (Fsp3) is 0.467. The van der Waals surface area contributed by atoms with E-state index in [1.165, 1.54) is 29.2 Å². The molecule has 0 bridgehead atoms. The van der Waals surface area contributed by atoms with Gasteiger partial charge in [-0.3, -0.25) is 14.5 Å². The zero-order valence-corrected chi connectivity index (χ0v) is 11.9. The van der Waals surface area contributed by atoms with Crippen LogP contribution in [0.3, 0.4) is 0 Å². The van der Waals surface area contributed by atoms with Crippen LogP contribution in [-0.2, 0) is 9.59 Å². The van der Waals surface area contributed by atoms with E-state index in [1.807, 2.05) is 13.8 Å². The molecule has 1 unspecified atom stereocenters. The molecular weight excluding hydrogens is 259 g/mol. The van der Waals surface area contributed by atoms with Crippen molar-refractivity contribution in [3.8, 4) is 0 Å². The van der Waals surface area contributed by atoms with Crippen LogP contribution in [0.5, 0.6) is 0 Å². The molecular formula is C15H19FN2O2. The standard InChI is InChI=1S/C15H19FN2O2/c1-4-15(5-2)14(20)18(10(3)13(19)17-15)12-8-6-11(16)7-9-12/h6-10H,4-5H2,1-3H3,(H,17,19). The third-order valence-corrected chi connectivity index (χ3v) is 4.07. The molecule has 5 heteroatoms. The van der Waals surface area contributed by atoms with Crippen molar-refractivity contribution in [1.29, 1.82) is 0 Å². The predicted molar refractivity (Wildman–Crippen MR) is 74.8 cm³/mol. The van der Waals surface area contributed by atoms with E-state index in [4.69, 9.17) is 0 Å². The Morgan fingerprint density at radius 1 is 1.20 bits per heavy atom. The molecule has 1 aliphatic rings. The molecule has 1 aromatic rings. The SMILES string of the molecule is CCC1(CC)NC(=O)C(C)N(c2ccc(F)cc2)C1=O. The lowest BCUT2D eigenvalue weighted by Gasteiger charge is -2.44. The molecule has 1 atom stereocenters. The Balaban J connectivity index is 2.46. The summed E-state index contributed by atoms with van der Waals surface area (Å²) in [6.45, 7) is 5.42. The maximum Gasteiger partial charge on any atom is 0.253 e. The van der Waals surface area contributed by atoms with Gasteiger partial charge >= 0.3 is 0 Å². The van der Waals surface area contributed by atoms with E-state index in [9.17, 15) is 14.0 Å². The van der Waals surface area contributed by atoms with Gasteiger partial charge in [-0.25, -0.2) is 4.39 Å². The molecule has 4 nitrogen and oxygen atoms in total. The van der Waals surface area contributed by atoms with E-state index in [0.717, 1.165) is 0 Å². The number of piperazine rings is 1. The van der Waals surface area contributed by atoms with Crippen molar-refractivity contribution in [3.63, 3.8) is 0 Å². The molecule has 1 aliphatic heterocycles. The first-order valence-electron chi connectivity index (χ1n) is 6.86. The number of anilines is 1. The van der Waals surface area contributed by atoms with Gasteiger partial charge in [0.25, 0.3) is 5.91 Å². The van der Waals surface area contributed by atoms with Gasteiger partial charge in [0.2, 0.25) is 5.91 Å². The first-order valence-corrected chi connectivity index (χ1v) is 6.86. The molecule has 0 aliphatic carbocycles. The zero-order valence-electron chi connectivity index (χ0n) is 11.9. The van der Waals surface area contributed by atoms with E-state index in [-0.39, 0.29) is 17.6 Å². The molecule has 1 fully saturated rings. The van der Waals surface area contributed by atoms with Crippen molar-refractivity contribution in [2.45, 2.75) is 45.2 Å². The van der Waals surface area contributed by atoms with Gasteiger partial charge in [-0.05, 0) is 44.0 Å². The quantitative estimate of drug-likeness (QED) is 0.921. The van der Waals surface area contributed by atoms with Gasteiger partial charge in [0.1, 0.15) is 17.4 Å². The highest BCUT2D eigenvalue weighted by Crippen LogP contribution is 2.29. The average molecular weight is 278 g/mol. The summed E-state index contributed by atoms with van der Waals surface area (Å²) < 4.78 is 13.0. The number of hydrogen-bond acceptors (Lipinski definition) is 2. The maximum atomic E-state index is 13.0. The Labute approximate surface area is 118 Å². The topological polar surface area (TPSA) is 49.4 Å². The summed E-state index contributed by atoms with van der Waals surface area (Å²) >= 11 is 0. The Kier molecular flexibility index (Phi) is 3.79. The number of nitrogens with one attached hydrogen (secondary N) is 1. The minimum atomic E-state index is -0.863. The summed E-state index contributed by atoms with van der Waals surface area (Å²) in [5, 5.41) is 2.84. The van der Waals surface area contributed by atoms with Crippen LogP contribution in [0.2, 0.25) is 0 Å². The lowest BCUT2D eigenvalue weighted by atomic mass is 9.87. The van der Waals surface area contributed by atoms with Gasteiger partial charge in [0.05, 0.1) is 0 Å². The van der Waals surface area contributed by atoms with Gasteiger partial charge in [0.15, 0.2) is 0 Å². The summed E-state index contributed by atoms with van der Waals surface area (Å²) in [5.41, 5.74) is -0.317.